The number of hydrogen-bond donors (Lipinski definition) is 1. The van der Waals surface area contributed by atoms with Crippen LogP contribution in [0.4, 0.5) is 0 Å². The highest BCUT2D eigenvalue weighted by Gasteiger charge is 2.10. The van der Waals surface area contributed by atoms with E-state index in [1.54, 1.807) is 7.11 Å². The Morgan fingerprint density at radius 2 is 2.15 bits per heavy atom. The molecule has 0 amide bonds. The highest BCUT2D eigenvalue weighted by Crippen LogP contribution is 2.30. The van der Waals surface area contributed by atoms with Crippen LogP contribution in [0.15, 0.2) is 29.3 Å². The van der Waals surface area contributed by atoms with Gasteiger partial charge in [-0.2, -0.15) is 0 Å². The average molecular weight is 298 g/mol. The minimum Gasteiger partial charge on any atom is -0.493 e. The Morgan fingerprint density at radius 3 is 2.75 bits per heavy atom. The number of ether oxygens (including phenoxy) is 2. The van der Waals surface area contributed by atoms with E-state index in [1.807, 2.05) is 19.1 Å². The van der Waals surface area contributed by atoms with Crippen LogP contribution in [-0.2, 0) is 0 Å². The lowest BCUT2D eigenvalue weighted by Gasteiger charge is -2.17. The summed E-state index contributed by atoms with van der Waals surface area (Å²) >= 11 is 5.63. The molecule has 0 radical (unpaired) electrons. The summed E-state index contributed by atoms with van der Waals surface area (Å²) in [6.45, 7) is 7.68. The zero-order valence-electron chi connectivity index (χ0n) is 12.7. The zero-order valence-corrected chi connectivity index (χ0v) is 13.5. The van der Waals surface area contributed by atoms with Crippen LogP contribution in [0.3, 0.4) is 0 Å². The van der Waals surface area contributed by atoms with Gasteiger partial charge in [0.2, 0.25) is 0 Å². The second kappa shape index (κ2) is 8.88. The minimum atomic E-state index is 0.294. The summed E-state index contributed by atoms with van der Waals surface area (Å²) in [6, 6.07) is 6.31. The Labute approximate surface area is 126 Å². The third-order valence-electron chi connectivity index (χ3n) is 3.03. The van der Waals surface area contributed by atoms with Gasteiger partial charge in [-0.3, -0.25) is 0 Å². The van der Waals surface area contributed by atoms with Crippen molar-refractivity contribution in [1.82, 2.24) is 5.32 Å². The van der Waals surface area contributed by atoms with E-state index in [0.717, 1.165) is 30.0 Å². The van der Waals surface area contributed by atoms with Crippen molar-refractivity contribution in [2.45, 2.75) is 33.2 Å². The number of benzene rings is 1. The first-order valence-corrected chi connectivity index (χ1v) is 7.36. The summed E-state index contributed by atoms with van der Waals surface area (Å²) in [4.78, 5) is 0. The summed E-state index contributed by atoms with van der Waals surface area (Å²) < 4.78 is 11.1. The number of nitrogens with one attached hydrogen (secondary N) is 1. The van der Waals surface area contributed by atoms with Crippen molar-refractivity contribution in [3.63, 3.8) is 0 Å². The molecule has 1 unspecified atom stereocenters. The Bertz CT molecular complexity index is 446. The molecule has 0 aliphatic rings. The van der Waals surface area contributed by atoms with Crippen molar-refractivity contribution >= 4 is 11.6 Å². The fourth-order valence-electron chi connectivity index (χ4n) is 1.77. The number of halogens is 1. The summed E-state index contributed by atoms with van der Waals surface area (Å²) in [5.74, 6) is 1.48. The van der Waals surface area contributed by atoms with Gasteiger partial charge in [0.15, 0.2) is 11.5 Å². The molecule has 1 atom stereocenters. The fraction of sp³-hybridized carbons (Fsp3) is 0.500. The molecule has 0 heterocycles. The topological polar surface area (TPSA) is 30.5 Å². The maximum absolute atomic E-state index is 5.70. The van der Waals surface area contributed by atoms with Crippen LogP contribution in [0.1, 0.15) is 38.8 Å². The maximum atomic E-state index is 5.70. The molecule has 0 saturated carbocycles. The molecule has 0 bridgehead atoms. The second-order valence-corrected chi connectivity index (χ2v) is 5.05. The quantitative estimate of drug-likeness (QED) is 0.777. The van der Waals surface area contributed by atoms with E-state index in [4.69, 9.17) is 21.1 Å². The third-order valence-corrected chi connectivity index (χ3v) is 3.40. The lowest BCUT2D eigenvalue weighted by molar-refractivity contribution is 0.319. The zero-order chi connectivity index (χ0) is 15.0. The second-order valence-electron chi connectivity index (χ2n) is 4.83. The molecule has 0 spiro atoms. The molecule has 0 aromatic heterocycles. The number of hydrogen-bond acceptors (Lipinski definition) is 3. The average Bonchev–Trinajstić information content (AvgIpc) is 2.49. The Kier molecular flexibility index (Phi) is 7.48. The molecule has 0 saturated heterocycles. The van der Waals surface area contributed by atoms with Crippen molar-refractivity contribution in [2.24, 2.45) is 0 Å². The van der Waals surface area contributed by atoms with Gasteiger partial charge in [0.1, 0.15) is 6.61 Å². The molecule has 1 aromatic rings. The van der Waals surface area contributed by atoms with Crippen LogP contribution < -0.4 is 14.8 Å². The molecule has 1 N–H and O–H groups in total. The summed E-state index contributed by atoms with van der Waals surface area (Å²) in [6.07, 6.45) is 1.12. The van der Waals surface area contributed by atoms with Crippen LogP contribution in [0, 0.1) is 0 Å². The molecule has 0 aliphatic heterocycles. The van der Waals surface area contributed by atoms with Crippen molar-refractivity contribution in [1.29, 1.82) is 0 Å². The largest absolute Gasteiger partial charge is 0.493 e. The first kappa shape index (κ1) is 16.9. The highest BCUT2D eigenvalue weighted by atomic mass is 35.5. The molecular weight excluding hydrogens is 274 g/mol. The van der Waals surface area contributed by atoms with Crippen LogP contribution in [0.25, 0.3) is 0 Å². The van der Waals surface area contributed by atoms with Crippen molar-refractivity contribution in [3.8, 4) is 11.5 Å². The first-order chi connectivity index (χ1) is 9.62. The van der Waals surface area contributed by atoms with E-state index >= 15 is 0 Å². The van der Waals surface area contributed by atoms with Gasteiger partial charge in [-0.25, -0.2) is 0 Å². The van der Waals surface area contributed by atoms with Crippen LogP contribution in [-0.4, -0.2) is 20.3 Å². The lowest BCUT2D eigenvalue weighted by atomic mass is 10.1. The lowest BCUT2D eigenvalue weighted by Crippen LogP contribution is -2.19. The summed E-state index contributed by atoms with van der Waals surface area (Å²) in [5.41, 5.74) is 3.68. The Hall–Kier alpha value is -1.19. The van der Waals surface area contributed by atoms with E-state index < -0.39 is 0 Å². The van der Waals surface area contributed by atoms with E-state index in [0.29, 0.717) is 12.6 Å². The van der Waals surface area contributed by atoms with E-state index in [-0.39, 0.29) is 0 Å². The van der Waals surface area contributed by atoms with E-state index in [9.17, 15) is 0 Å². The SMILES string of the molecule is CCCNC(C)c1ccc(OC/C(C)=C/Cl)c(OC)c1. The van der Waals surface area contributed by atoms with Crippen LogP contribution in [0.2, 0.25) is 0 Å². The molecule has 3 nitrogen and oxygen atoms in total. The normalized spacial score (nSPS) is 13.2. The Morgan fingerprint density at radius 1 is 1.40 bits per heavy atom. The molecule has 112 valence electrons. The van der Waals surface area contributed by atoms with Crippen LogP contribution >= 0.6 is 11.6 Å². The molecule has 0 fully saturated rings. The predicted molar refractivity (Wildman–Crippen MR) is 84.8 cm³/mol. The van der Waals surface area contributed by atoms with E-state index in [2.05, 4.69) is 25.2 Å². The number of rotatable bonds is 8. The van der Waals surface area contributed by atoms with Crippen LogP contribution in [0.5, 0.6) is 11.5 Å². The van der Waals surface area contributed by atoms with Gasteiger partial charge in [0.25, 0.3) is 0 Å². The van der Waals surface area contributed by atoms with Gasteiger partial charge in [-0.1, -0.05) is 24.6 Å². The van der Waals surface area contributed by atoms with Gasteiger partial charge in [-0.05, 0) is 50.1 Å². The molecule has 1 rings (SSSR count). The third kappa shape index (κ3) is 5.06. The monoisotopic (exact) mass is 297 g/mol. The van der Waals surface area contributed by atoms with Crippen molar-refractivity contribution < 1.29 is 9.47 Å². The maximum Gasteiger partial charge on any atom is 0.161 e. The van der Waals surface area contributed by atoms with Gasteiger partial charge < -0.3 is 14.8 Å². The van der Waals surface area contributed by atoms with E-state index in [1.165, 1.54) is 11.1 Å². The molecule has 20 heavy (non-hydrogen) atoms. The minimum absolute atomic E-state index is 0.294. The standard InChI is InChI=1S/C16H24ClNO2/c1-5-8-18-13(3)14-6-7-15(16(9-14)19-4)20-11-12(2)10-17/h6-7,9-10,13,18H,5,8,11H2,1-4H3/b12-10+. The van der Waals surface area contributed by atoms with Gasteiger partial charge in [0.05, 0.1) is 7.11 Å². The van der Waals surface area contributed by atoms with Gasteiger partial charge in [0, 0.05) is 11.6 Å². The smallest absolute Gasteiger partial charge is 0.161 e. The summed E-state index contributed by atoms with van der Waals surface area (Å²) in [7, 11) is 1.65. The highest BCUT2D eigenvalue weighted by molar-refractivity contribution is 6.25. The van der Waals surface area contributed by atoms with Crippen molar-refractivity contribution in [2.75, 3.05) is 20.3 Å². The van der Waals surface area contributed by atoms with Crippen molar-refractivity contribution in [3.05, 3.63) is 34.9 Å². The molecule has 4 heteroatoms. The molecule has 1 aromatic carbocycles. The molecular formula is C16H24ClNO2. The first-order valence-electron chi connectivity index (χ1n) is 6.92. The van der Waals surface area contributed by atoms with Gasteiger partial charge in [-0.15, -0.1) is 0 Å². The Balaban J connectivity index is 2.79. The summed E-state index contributed by atoms with van der Waals surface area (Å²) in [5, 5.41) is 3.46. The fourth-order valence-corrected chi connectivity index (χ4v) is 1.84. The molecule has 0 aliphatic carbocycles. The van der Waals surface area contributed by atoms with Gasteiger partial charge >= 0.3 is 0 Å². The predicted octanol–water partition coefficient (Wildman–Crippen LogP) is 4.28. The number of methoxy groups -OCH3 is 1.